The van der Waals surface area contributed by atoms with Crippen LogP contribution in [-0.2, 0) is 0 Å². The van der Waals surface area contributed by atoms with Gasteiger partial charge < -0.3 is 9.80 Å². The zero-order valence-electron chi connectivity index (χ0n) is 12.0. The maximum atomic E-state index is 12.6. The van der Waals surface area contributed by atoms with Crippen LogP contribution in [0.25, 0.3) is 0 Å². The first-order valence-electron chi connectivity index (χ1n) is 7.63. The minimum Gasteiger partial charge on any atom is -0.338 e. The van der Waals surface area contributed by atoms with Crippen molar-refractivity contribution in [1.29, 1.82) is 0 Å². The molecule has 3 nitrogen and oxygen atoms in total. The first kappa shape index (κ1) is 15.5. The van der Waals surface area contributed by atoms with Gasteiger partial charge in [0.2, 0.25) is 0 Å². The first-order chi connectivity index (χ1) is 10.1. The highest BCUT2D eigenvalue weighted by Crippen LogP contribution is 2.26. The number of piperidine rings is 1. The number of rotatable bonds is 2. The highest BCUT2D eigenvalue weighted by molar-refractivity contribution is 9.11. The van der Waals surface area contributed by atoms with Crippen molar-refractivity contribution in [3.8, 4) is 0 Å². The molecule has 0 spiro atoms. The van der Waals surface area contributed by atoms with Crippen LogP contribution in [0.3, 0.4) is 0 Å². The fraction of sp³-hybridized carbons (Fsp3) is 0.562. The van der Waals surface area contributed by atoms with Crippen molar-refractivity contribution in [3.63, 3.8) is 0 Å². The lowest BCUT2D eigenvalue weighted by Crippen LogP contribution is -2.46. The molecule has 0 aliphatic carbocycles. The summed E-state index contributed by atoms with van der Waals surface area (Å²) in [6.45, 7) is 4.25. The number of likely N-dealkylation sites (tertiary alicyclic amines) is 2. The largest absolute Gasteiger partial charge is 0.338 e. The first-order valence-corrected chi connectivity index (χ1v) is 9.22. The molecule has 2 aliphatic rings. The number of carbonyl (C=O) groups is 1. The van der Waals surface area contributed by atoms with Gasteiger partial charge in [0.1, 0.15) is 0 Å². The summed E-state index contributed by atoms with van der Waals surface area (Å²) < 4.78 is 1.85. The highest BCUT2D eigenvalue weighted by Gasteiger charge is 2.29. The normalized spacial score (nSPS) is 21.0. The Hall–Kier alpha value is -0.390. The van der Waals surface area contributed by atoms with E-state index in [4.69, 9.17) is 0 Å². The fourth-order valence-electron chi connectivity index (χ4n) is 3.37. The van der Waals surface area contributed by atoms with Crippen molar-refractivity contribution in [2.45, 2.75) is 31.7 Å². The van der Waals surface area contributed by atoms with Gasteiger partial charge in [-0.25, -0.2) is 0 Å². The second-order valence-corrected chi connectivity index (χ2v) is 7.66. The van der Waals surface area contributed by atoms with Crippen LogP contribution in [0.15, 0.2) is 27.1 Å². The summed E-state index contributed by atoms with van der Waals surface area (Å²) in [7, 11) is 0. The number of halogens is 2. The third kappa shape index (κ3) is 3.51. The van der Waals surface area contributed by atoms with Crippen molar-refractivity contribution in [2.24, 2.45) is 0 Å². The van der Waals surface area contributed by atoms with E-state index in [1.165, 1.54) is 25.9 Å². The van der Waals surface area contributed by atoms with E-state index in [1.54, 1.807) is 0 Å². The summed E-state index contributed by atoms with van der Waals surface area (Å²) >= 11 is 6.92. The Labute approximate surface area is 142 Å². The van der Waals surface area contributed by atoms with E-state index in [9.17, 15) is 4.79 Å². The summed E-state index contributed by atoms with van der Waals surface area (Å²) in [6, 6.07) is 6.44. The lowest BCUT2D eigenvalue weighted by Gasteiger charge is -2.36. The van der Waals surface area contributed by atoms with Crippen LogP contribution >= 0.6 is 31.9 Å². The van der Waals surface area contributed by atoms with Gasteiger partial charge in [-0.1, -0.05) is 15.9 Å². The van der Waals surface area contributed by atoms with E-state index in [-0.39, 0.29) is 5.91 Å². The quantitative estimate of drug-likeness (QED) is 0.730. The maximum Gasteiger partial charge on any atom is 0.255 e. The fourth-order valence-corrected chi connectivity index (χ4v) is 4.59. The molecular weight excluding hydrogens is 396 g/mol. The number of amides is 1. The molecule has 114 valence electrons. The molecule has 1 aromatic rings. The van der Waals surface area contributed by atoms with E-state index in [2.05, 4.69) is 36.8 Å². The molecular formula is C16H20Br2N2O. The van der Waals surface area contributed by atoms with Crippen molar-refractivity contribution in [3.05, 3.63) is 32.7 Å². The van der Waals surface area contributed by atoms with Crippen molar-refractivity contribution < 1.29 is 4.79 Å². The van der Waals surface area contributed by atoms with Crippen LogP contribution in [0.2, 0.25) is 0 Å². The average Bonchev–Trinajstić information content (AvgIpc) is 3.01. The topological polar surface area (TPSA) is 23.6 Å². The number of hydrogen-bond donors (Lipinski definition) is 0. The van der Waals surface area contributed by atoms with Crippen molar-refractivity contribution in [2.75, 3.05) is 26.2 Å². The van der Waals surface area contributed by atoms with Gasteiger partial charge in [-0.15, -0.1) is 0 Å². The maximum absolute atomic E-state index is 12.6. The Balaban J connectivity index is 1.62. The molecule has 2 saturated heterocycles. The molecule has 2 heterocycles. The number of benzene rings is 1. The van der Waals surface area contributed by atoms with Gasteiger partial charge in [0.15, 0.2) is 0 Å². The number of hydrogen-bond acceptors (Lipinski definition) is 2. The Morgan fingerprint density at radius 3 is 2.33 bits per heavy atom. The predicted molar refractivity (Wildman–Crippen MR) is 91.6 cm³/mol. The van der Waals surface area contributed by atoms with Crippen LogP contribution in [0.1, 0.15) is 36.0 Å². The van der Waals surface area contributed by atoms with Gasteiger partial charge in [0.25, 0.3) is 5.91 Å². The van der Waals surface area contributed by atoms with E-state index < -0.39 is 0 Å². The summed E-state index contributed by atoms with van der Waals surface area (Å²) in [5.41, 5.74) is 0.762. The molecule has 2 fully saturated rings. The molecule has 1 aromatic carbocycles. The average molecular weight is 416 g/mol. The molecule has 2 aliphatic heterocycles. The molecule has 0 bridgehead atoms. The van der Waals surface area contributed by atoms with E-state index in [1.807, 2.05) is 23.1 Å². The van der Waals surface area contributed by atoms with Crippen LogP contribution in [-0.4, -0.2) is 47.9 Å². The summed E-state index contributed by atoms with van der Waals surface area (Å²) in [5, 5.41) is 0. The Morgan fingerprint density at radius 2 is 1.71 bits per heavy atom. The summed E-state index contributed by atoms with van der Waals surface area (Å²) in [5.74, 6) is 0.147. The van der Waals surface area contributed by atoms with Crippen molar-refractivity contribution in [1.82, 2.24) is 9.80 Å². The second-order valence-electron chi connectivity index (χ2n) is 5.89. The van der Waals surface area contributed by atoms with Gasteiger partial charge >= 0.3 is 0 Å². The molecule has 0 unspecified atom stereocenters. The van der Waals surface area contributed by atoms with Crippen LogP contribution < -0.4 is 0 Å². The minimum absolute atomic E-state index is 0.147. The van der Waals surface area contributed by atoms with E-state index >= 15 is 0 Å². The molecule has 3 rings (SSSR count). The smallest absolute Gasteiger partial charge is 0.255 e. The predicted octanol–water partition coefficient (Wildman–Crippen LogP) is 3.91. The van der Waals surface area contributed by atoms with E-state index in [0.29, 0.717) is 6.04 Å². The Kier molecular flexibility index (Phi) is 5.02. The van der Waals surface area contributed by atoms with Crippen LogP contribution in [0.4, 0.5) is 0 Å². The van der Waals surface area contributed by atoms with Gasteiger partial charge in [0, 0.05) is 28.1 Å². The highest BCUT2D eigenvalue weighted by atomic mass is 79.9. The number of carbonyl (C=O) groups excluding carboxylic acids is 1. The van der Waals surface area contributed by atoms with Crippen molar-refractivity contribution >= 4 is 37.8 Å². The number of nitrogens with zero attached hydrogens (tertiary/aromatic N) is 2. The van der Waals surface area contributed by atoms with Crippen LogP contribution in [0, 0.1) is 0 Å². The van der Waals surface area contributed by atoms with Gasteiger partial charge in [-0.2, -0.15) is 0 Å². The Bertz CT molecular complexity index is 521. The molecule has 1 amide bonds. The third-order valence-corrected chi connectivity index (χ3v) is 5.72. The third-order valence-electron chi connectivity index (χ3n) is 4.57. The van der Waals surface area contributed by atoms with Crippen LogP contribution in [0.5, 0.6) is 0 Å². The molecule has 21 heavy (non-hydrogen) atoms. The van der Waals surface area contributed by atoms with Gasteiger partial charge in [-0.3, -0.25) is 4.79 Å². The molecule has 0 N–H and O–H groups in total. The lowest BCUT2D eigenvalue weighted by molar-refractivity contribution is 0.0643. The molecule has 0 saturated carbocycles. The molecule has 5 heteroatoms. The second kappa shape index (κ2) is 6.80. The Morgan fingerprint density at radius 1 is 1.05 bits per heavy atom. The monoisotopic (exact) mass is 414 g/mol. The standard InChI is InChI=1S/C16H20Br2N2O/c17-12-3-4-14(15(18)11-12)16(21)20-9-5-13(6-10-20)19-7-1-2-8-19/h3-4,11,13H,1-2,5-10H2. The lowest BCUT2D eigenvalue weighted by atomic mass is 10.0. The molecule has 0 aromatic heterocycles. The van der Waals surface area contributed by atoms with Gasteiger partial charge in [-0.05, 0) is 72.9 Å². The molecule has 0 atom stereocenters. The SMILES string of the molecule is O=C(c1ccc(Br)cc1Br)N1CCC(N2CCCC2)CC1. The zero-order chi connectivity index (χ0) is 14.8. The minimum atomic E-state index is 0.147. The van der Waals surface area contributed by atoms with Gasteiger partial charge in [0.05, 0.1) is 5.56 Å². The van der Waals surface area contributed by atoms with E-state index in [0.717, 1.165) is 40.4 Å². The summed E-state index contributed by atoms with van der Waals surface area (Å²) in [6.07, 6.45) is 4.90. The molecule has 0 radical (unpaired) electrons. The summed E-state index contributed by atoms with van der Waals surface area (Å²) in [4.78, 5) is 17.2. The zero-order valence-corrected chi connectivity index (χ0v) is 15.2.